The third-order valence-corrected chi connectivity index (χ3v) is 7.55. The maximum absolute atomic E-state index is 13.2. The first-order valence-corrected chi connectivity index (χ1v) is 11.8. The average Bonchev–Trinajstić information content (AvgIpc) is 3.05. The molecular weight excluding hydrogens is 495 g/mol. The van der Waals surface area contributed by atoms with Gasteiger partial charge in [-0.2, -0.15) is 13.2 Å². The second-order valence-electron chi connectivity index (χ2n) is 9.04. The van der Waals surface area contributed by atoms with Crippen LogP contribution in [0.2, 0.25) is 0 Å². The Bertz CT molecular complexity index is 1100. The number of carbonyl (C=O) groups is 2. The first-order valence-electron chi connectivity index (χ1n) is 11.0. The van der Waals surface area contributed by atoms with Crippen LogP contribution in [0.15, 0.2) is 53.0 Å². The van der Waals surface area contributed by atoms with Gasteiger partial charge < -0.3 is 9.69 Å². The number of ketones is 1. The molecule has 1 saturated heterocycles. The fourth-order valence-corrected chi connectivity index (χ4v) is 6.23. The van der Waals surface area contributed by atoms with Crippen molar-refractivity contribution in [3.05, 3.63) is 75.3 Å². The quantitative estimate of drug-likeness (QED) is 0.432. The van der Waals surface area contributed by atoms with E-state index in [4.69, 9.17) is 0 Å². The van der Waals surface area contributed by atoms with E-state index in [2.05, 4.69) is 22.0 Å². The van der Waals surface area contributed by atoms with E-state index < -0.39 is 11.7 Å². The van der Waals surface area contributed by atoms with Crippen molar-refractivity contribution in [3.8, 4) is 0 Å². The van der Waals surface area contributed by atoms with Crippen LogP contribution in [-0.2, 0) is 21.2 Å². The SMILES string of the molecule is CC(=O)CC1CC2(CCN(C(=O)/C=C/c3ccccc3C(F)(F)F)CC2)c2c(Br)cccc21. The molecule has 2 aromatic rings. The van der Waals surface area contributed by atoms with Crippen molar-refractivity contribution in [2.45, 2.75) is 50.1 Å². The molecule has 2 aliphatic rings. The fourth-order valence-electron chi connectivity index (χ4n) is 5.43. The Labute approximate surface area is 199 Å². The summed E-state index contributed by atoms with van der Waals surface area (Å²) in [6.45, 7) is 2.67. The zero-order valence-corrected chi connectivity index (χ0v) is 19.9. The number of piperidine rings is 1. The van der Waals surface area contributed by atoms with Gasteiger partial charge in [-0.15, -0.1) is 0 Å². The van der Waals surface area contributed by atoms with Crippen molar-refractivity contribution in [2.24, 2.45) is 0 Å². The van der Waals surface area contributed by atoms with Crippen LogP contribution in [0.25, 0.3) is 6.08 Å². The van der Waals surface area contributed by atoms with Gasteiger partial charge in [-0.1, -0.05) is 46.3 Å². The number of alkyl halides is 3. The number of hydrogen-bond acceptors (Lipinski definition) is 2. The minimum Gasteiger partial charge on any atom is -0.339 e. The van der Waals surface area contributed by atoms with E-state index in [9.17, 15) is 22.8 Å². The molecule has 3 nitrogen and oxygen atoms in total. The molecule has 7 heteroatoms. The van der Waals surface area contributed by atoms with Crippen molar-refractivity contribution >= 4 is 33.7 Å². The number of likely N-dealkylation sites (tertiary alicyclic amines) is 1. The standard InChI is InChI=1S/C26H25BrF3NO2/c1-17(32)15-19-16-25(24-20(19)6-4-8-22(24)27)11-13-31(14-12-25)23(33)10-9-18-5-2-3-7-21(18)26(28,29)30/h2-10,19H,11-16H2,1H3/b10-9+. The lowest BCUT2D eigenvalue weighted by Gasteiger charge is -2.40. The number of halogens is 4. The first kappa shape index (κ1) is 23.7. The summed E-state index contributed by atoms with van der Waals surface area (Å²) in [5.74, 6) is 0.0587. The van der Waals surface area contributed by atoms with Gasteiger partial charge in [0.25, 0.3) is 0 Å². The van der Waals surface area contributed by atoms with E-state index in [1.54, 1.807) is 11.8 Å². The summed E-state index contributed by atoms with van der Waals surface area (Å²) in [5.41, 5.74) is 1.59. The van der Waals surface area contributed by atoms with Gasteiger partial charge in [0.1, 0.15) is 5.78 Å². The molecule has 4 rings (SSSR count). The highest BCUT2D eigenvalue weighted by Gasteiger charge is 2.47. The topological polar surface area (TPSA) is 37.4 Å². The van der Waals surface area contributed by atoms with Gasteiger partial charge in [-0.25, -0.2) is 0 Å². The largest absolute Gasteiger partial charge is 0.416 e. The summed E-state index contributed by atoms with van der Waals surface area (Å²) in [4.78, 5) is 26.3. The van der Waals surface area contributed by atoms with Gasteiger partial charge in [-0.3, -0.25) is 4.79 Å². The van der Waals surface area contributed by atoms with Crippen molar-refractivity contribution in [2.75, 3.05) is 13.1 Å². The lowest BCUT2D eigenvalue weighted by atomic mass is 9.73. The van der Waals surface area contributed by atoms with Crippen molar-refractivity contribution in [1.29, 1.82) is 0 Å². The number of amides is 1. The van der Waals surface area contributed by atoms with E-state index in [1.807, 2.05) is 12.1 Å². The highest BCUT2D eigenvalue weighted by molar-refractivity contribution is 9.10. The molecule has 0 N–H and O–H groups in total. The summed E-state index contributed by atoms with van der Waals surface area (Å²) >= 11 is 3.70. The van der Waals surface area contributed by atoms with Gasteiger partial charge in [-0.05, 0) is 67.0 Å². The van der Waals surface area contributed by atoms with Crippen molar-refractivity contribution < 1.29 is 22.8 Å². The molecule has 1 amide bonds. The van der Waals surface area contributed by atoms with Crippen LogP contribution in [0.4, 0.5) is 13.2 Å². The van der Waals surface area contributed by atoms with Crippen molar-refractivity contribution in [1.82, 2.24) is 4.90 Å². The molecule has 1 aliphatic carbocycles. The molecule has 1 unspecified atom stereocenters. The van der Waals surface area contributed by atoms with Crippen LogP contribution >= 0.6 is 15.9 Å². The van der Waals surface area contributed by atoms with Crippen LogP contribution in [0.5, 0.6) is 0 Å². The summed E-state index contributed by atoms with van der Waals surface area (Å²) in [6.07, 6.45) is 0.919. The average molecular weight is 520 g/mol. The first-order chi connectivity index (χ1) is 15.6. The minimum absolute atomic E-state index is 0.0208. The lowest BCUT2D eigenvalue weighted by Crippen LogP contribution is -2.44. The smallest absolute Gasteiger partial charge is 0.339 e. The monoisotopic (exact) mass is 519 g/mol. The number of nitrogens with zero attached hydrogens (tertiary/aromatic N) is 1. The number of rotatable bonds is 4. The fraction of sp³-hybridized carbons (Fsp3) is 0.385. The molecule has 1 aliphatic heterocycles. The highest BCUT2D eigenvalue weighted by atomic mass is 79.9. The number of Topliss-reactive ketones (excluding diaryl/α,β-unsaturated/α-hetero) is 1. The maximum atomic E-state index is 13.2. The minimum atomic E-state index is -4.47. The number of fused-ring (bicyclic) bond motifs is 2. The molecule has 2 aromatic carbocycles. The van der Waals surface area contributed by atoms with Crippen LogP contribution in [0.3, 0.4) is 0 Å². The summed E-state index contributed by atoms with van der Waals surface area (Å²) < 4.78 is 40.7. The Morgan fingerprint density at radius 1 is 1.12 bits per heavy atom. The van der Waals surface area contributed by atoms with Crippen LogP contribution in [0, 0.1) is 0 Å². The molecular formula is C26H25BrF3NO2. The molecule has 0 aromatic heterocycles. The normalized spacial score (nSPS) is 19.8. The summed E-state index contributed by atoms with van der Waals surface area (Å²) in [7, 11) is 0. The zero-order valence-electron chi connectivity index (χ0n) is 18.3. The van der Waals surface area contributed by atoms with E-state index in [0.717, 1.165) is 29.8 Å². The third-order valence-electron chi connectivity index (χ3n) is 6.89. The second kappa shape index (κ2) is 9.09. The van der Waals surface area contributed by atoms with Gasteiger partial charge in [0.2, 0.25) is 5.91 Å². The molecule has 0 bridgehead atoms. The van der Waals surface area contributed by atoms with Gasteiger partial charge in [0, 0.05) is 35.5 Å². The lowest BCUT2D eigenvalue weighted by molar-refractivity contribution is -0.137. The summed E-state index contributed by atoms with van der Waals surface area (Å²) in [5, 5.41) is 0. The number of hydrogen-bond donors (Lipinski definition) is 0. The molecule has 33 heavy (non-hydrogen) atoms. The second-order valence-corrected chi connectivity index (χ2v) is 9.89. The van der Waals surface area contributed by atoms with E-state index in [1.165, 1.54) is 41.5 Å². The molecule has 0 radical (unpaired) electrons. The van der Waals surface area contributed by atoms with Crippen molar-refractivity contribution in [3.63, 3.8) is 0 Å². The Hall–Kier alpha value is -2.41. The molecule has 1 spiro atoms. The molecule has 1 heterocycles. The third kappa shape index (κ3) is 4.79. The molecule has 0 saturated carbocycles. The summed E-state index contributed by atoms with van der Waals surface area (Å²) in [6, 6.07) is 11.4. The zero-order chi connectivity index (χ0) is 23.8. The predicted octanol–water partition coefficient (Wildman–Crippen LogP) is 6.51. The molecule has 174 valence electrons. The predicted molar refractivity (Wildman–Crippen MR) is 125 cm³/mol. The van der Waals surface area contributed by atoms with Gasteiger partial charge in [0.05, 0.1) is 5.56 Å². The van der Waals surface area contributed by atoms with Crippen LogP contribution in [-0.4, -0.2) is 29.7 Å². The Kier molecular flexibility index (Phi) is 6.54. The number of carbonyl (C=O) groups excluding carboxylic acids is 2. The van der Waals surface area contributed by atoms with Crippen LogP contribution < -0.4 is 0 Å². The van der Waals surface area contributed by atoms with Gasteiger partial charge >= 0.3 is 6.18 Å². The van der Waals surface area contributed by atoms with E-state index in [-0.39, 0.29) is 28.6 Å². The van der Waals surface area contributed by atoms with Crippen LogP contribution in [0.1, 0.15) is 60.8 Å². The Balaban J connectivity index is 1.49. The maximum Gasteiger partial charge on any atom is 0.416 e. The van der Waals surface area contributed by atoms with E-state index >= 15 is 0 Å². The van der Waals surface area contributed by atoms with E-state index in [0.29, 0.717) is 19.5 Å². The molecule has 1 fully saturated rings. The van der Waals surface area contributed by atoms with Gasteiger partial charge in [0.15, 0.2) is 0 Å². The molecule has 1 atom stereocenters. The Morgan fingerprint density at radius 3 is 2.48 bits per heavy atom. The highest BCUT2D eigenvalue weighted by Crippen LogP contribution is 2.55. The Morgan fingerprint density at radius 2 is 1.82 bits per heavy atom. The number of benzene rings is 2.